The number of carbonyl (C=O) groups is 2. The van der Waals surface area contributed by atoms with Gasteiger partial charge in [-0.3, -0.25) is 4.79 Å². The van der Waals surface area contributed by atoms with Gasteiger partial charge in [0.25, 0.3) is 5.89 Å². The highest BCUT2D eigenvalue weighted by atomic mass is 16.5. The number of aryl methyl sites for hydroxylation is 1. The Morgan fingerprint density at radius 1 is 1.31 bits per heavy atom. The van der Waals surface area contributed by atoms with E-state index in [1.54, 1.807) is 0 Å². The molecular weight excluding hydrogens is 334 g/mol. The summed E-state index contributed by atoms with van der Waals surface area (Å²) in [6.45, 7) is 2.49. The van der Waals surface area contributed by atoms with Gasteiger partial charge in [0.1, 0.15) is 0 Å². The van der Waals surface area contributed by atoms with Crippen molar-refractivity contribution >= 4 is 17.6 Å². The van der Waals surface area contributed by atoms with Gasteiger partial charge in [0.05, 0.1) is 6.04 Å². The fraction of sp³-hybridized carbons (Fsp3) is 0.444. The van der Waals surface area contributed by atoms with Crippen molar-refractivity contribution in [2.75, 3.05) is 11.9 Å². The number of anilines is 1. The van der Waals surface area contributed by atoms with Crippen LogP contribution in [0.4, 0.5) is 10.5 Å². The molecule has 1 aromatic heterocycles. The van der Waals surface area contributed by atoms with Crippen LogP contribution in [0.15, 0.2) is 28.8 Å². The number of aromatic nitrogens is 2. The third-order valence-corrected chi connectivity index (χ3v) is 4.98. The second-order valence-electron chi connectivity index (χ2n) is 6.68. The van der Waals surface area contributed by atoms with Gasteiger partial charge < -0.3 is 20.1 Å². The number of benzene rings is 1. The van der Waals surface area contributed by atoms with Crippen molar-refractivity contribution in [2.45, 2.75) is 44.7 Å². The van der Waals surface area contributed by atoms with E-state index < -0.39 is 0 Å². The third kappa shape index (κ3) is 3.14. The predicted octanol–water partition coefficient (Wildman–Crippen LogP) is 2.18. The van der Waals surface area contributed by atoms with Crippen LogP contribution in [0.2, 0.25) is 0 Å². The quantitative estimate of drug-likeness (QED) is 0.879. The zero-order valence-corrected chi connectivity index (χ0v) is 14.6. The van der Waals surface area contributed by atoms with Gasteiger partial charge in [-0.1, -0.05) is 12.1 Å². The lowest BCUT2D eigenvalue weighted by molar-refractivity contribution is -0.121. The molecule has 8 nitrogen and oxygen atoms in total. The number of hydrogen-bond donors (Lipinski definition) is 2. The molecule has 8 heteroatoms. The van der Waals surface area contributed by atoms with Gasteiger partial charge in [0.2, 0.25) is 5.91 Å². The molecule has 0 unspecified atom stereocenters. The third-order valence-electron chi connectivity index (χ3n) is 4.98. The van der Waals surface area contributed by atoms with E-state index in [1.165, 1.54) is 0 Å². The molecule has 2 aromatic rings. The fourth-order valence-corrected chi connectivity index (χ4v) is 3.61. The maximum absolute atomic E-state index is 12.7. The number of fused-ring (bicyclic) bond motifs is 2. The number of amides is 3. The van der Waals surface area contributed by atoms with Crippen LogP contribution in [0.1, 0.15) is 32.0 Å². The summed E-state index contributed by atoms with van der Waals surface area (Å²) in [7, 11) is 0. The average Bonchev–Trinajstić information content (AvgIpc) is 3.23. The zero-order chi connectivity index (χ0) is 18.1. The van der Waals surface area contributed by atoms with Crippen LogP contribution >= 0.6 is 0 Å². The highest BCUT2D eigenvalue weighted by molar-refractivity contribution is 5.91. The van der Waals surface area contributed by atoms with Gasteiger partial charge >= 0.3 is 6.03 Å². The van der Waals surface area contributed by atoms with E-state index in [0.29, 0.717) is 36.8 Å². The minimum atomic E-state index is -0.159. The second kappa shape index (κ2) is 6.78. The van der Waals surface area contributed by atoms with Crippen molar-refractivity contribution in [2.24, 2.45) is 0 Å². The number of nitrogens with zero attached hydrogens (tertiary/aromatic N) is 3. The van der Waals surface area contributed by atoms with Crippen molar-refractivity contribution in [1.82, 2.24) is 20.4 Å². The summed E-state index contributed by atoms with van der Waals surface area (Å²) in [4.78, 5) is 30.5. The smallest absolute Gasteiger partial charge is 0.322 e. The van der Waals surface area contributed by atoms with Crippen molar-refractivity contribution in [3.63, 3.8) is 0 Å². The summed E-state index contributed by atoms with van der Waals surface area (Å²) in [6.07, 6.45) is 2.89. The first kappa shape index (κ1) is 16.6. The number of hydrogen-bond acceptors (Lipinski definition) is 5. The van der Waals surface area contributed by atoms with E-state index in [0.717, 1.165) is 18.4 Å². The van der Waals surface area contributed by atoms with E-state index >= 15 is 0 Å². The minimum absolute atomic E-state index is 0.0189. The van der Waals surface area contributed by atoms with Crippen LogP contribution in [0.5, 0.6) is 0 Å². The summed E-state index contributed by atoms with van der Waals surface area (Å²) < 4.78 is 5.22. The second-order valence-corrected chi connectivity index (χ2v) is 6.68. The van der Waals surface area contributed by atoms with E-state index in [9.17, 15) is 9.59 Å². The standard InChI is InChI=1S/C18H21N5O3/c1-2-15-21-17(26-22-15)11-3-5-12(6-4-11)20-18(25)23-13-7-8-14(23)10-19-16(24)9-13/h3-6,13-14H,2,7-10H2,1H3,(H,19,24)(H,20,25)/t13-,14+/m1/s1. The molecule has 2 N–H and O–H groups in total. The van der Waals surface area contributed by atoms with Crippen LogP contribution in [0.3, 0.4) is 0 Å². The van der Waals surface area contributed by atoms with Gasteiger partial charge in [-0.05, 0) is 37.1 Å². The normalized spacial score (nSPS) is 22.0. The molecule has 26 heavy (non-hydrogen) atoms. The summed E-state index contributed by atoms with van der Waals surface area (Å²) in [5.74, 6) is 1.15. The van der Waals surface area contributed by atoms with E-state index in [2.05, 4.69) is 20.8 Å². The molecule has 0 spiro atoms. The molecule has 2 fully saturated rings. The lowest BCUT2D eigenvalue weighted by Gasteiger charge is -2.27. The van der Waals surface area contributed by atoms with Crippen LogP contribution in [0.25, 0.3) is 11.5 Å². The number of nitrogens with one attached hydrogen (secondary N) is 2. The van der Waals surface area contributed by atoms with Crippen LogP contribution in [-0.4, -0.2) is 45.6 Å². The van der Waals surface area contributed by atoms with Crippen molar-refractivity contribution in [1.29, 1.82) is 0 Å². The molecule has 0 saturated carbocycles. The van der Waals surface area contributed by atoms with Crippen LogP contribution in [0, 0.1) is 0 Å². The van der Waals surface area contributed by atoms with E-state index in [1.807, 2.05) is 36.1 Å². The molecule has 2 aliphatic heterocycles. The Morgan fingerprint density at radius 3 is 2.81 bits per heavy atom. The topological polar surface area (TPSA) is 100 Å². The van der Waals surface area contributed by atoms with Crippen LogP contribution < -0.4 is 10.6 Å². The molecule has 2 bridgehead atoms. The number of rotatable bonds is 3. The molecule has 2 aliphatic rings. The lowest BCUT2D eigenvalue weighted by Crippen LogP contribution is -2.44. The Labute approximate surface area is 150 Å². The monoisotopic (exact) mass is 355 g/mol. The SMILES string of the molecule is CCc1noc(-c2ccc(NC(=O)N3[C@@H]4CC[C@H]3CNC(=O)C4)cc2)n1. The molecule has 3 heterocycles. The molecule has 2 atom stereocenters. The first-order valence-corrected chi connectivity index (χ1v) is 8.93. The summed E-state index contributed by atoms with van der Waals surface area (Å²) in [5.41, 5.74) is 1.50. The molecular formula is C18H21N5O3. The number of carbonyl (C=O) groups excluding carboxylic acids is 2. The molecule has 4 rings (SSSR count). The highest BCUT2D eigenvalue weighted by Crippen LogP contribution is 2.29. The summed E-state index contributed by atoms with van der Waals surface area (Å²) >= 11 is 0. The fourth-order valence-electron chi connectivity index (χ4n) is 3.61. The van der Waals surface area contributed by atoms with Gasteiger partial charge in [-0.2, -0.15) is 4.98 Å². The minimum Gasteiger partial charge on any atom is -0.354 e. The average molecular weight is 355 g/mol. The Balaban J connectivity index is 1.45. The molecule has 0 radical (unpaired) electrons. The predicted molar refractivity (Wildman–Crippen MR) is 94.4 cm³/mol. The summed E-state index contributed by atoms with van der Waals surface area (Å²) in [5, 5.41) is 9.69. The maximum Gasteiger partial charge on any atom is 0.322 e. The van der Waals surface area contributed by atoms with Gasteiger partial charge in [0.15, 0.2) is 5.82 Å². The van der Waals surface area contributed by atoms with Crippen LogP contribution in [-0.2, 0) is 11.2 Å². The van der Waals surface area contributed by atoms with Crippen molar-refractivity contribution < 1.29 is 14.1 Å². The lowest BCUT2D eigenvalue weighted by atomic mass is 10.1. The van der Waals surface area contributed by atoms with E-state index in [-0.39, 0.29) is 24.0 Å². The number of urea groups is 1. The molecule has 1 aromatic carbocycles. The Morgan fingerprint density at radius 2 is 2.08 bits per heavy atom. The van der Waals surface area contributed by atoms with Crippen molar-refractivity contribution in [3.8, 4) is 11.5 Å². The maximum atomic E-state index is 12.7. The molecule has 136 valence electrons. The van der Waals surface area contributed by atoms with E-state index in [4.69, 9.17) is 4.52 Å². The Kier molecular flexibility index (Phi) is 4.32. The van der Waals surface area contributed by atoms with Gasteiger partial charge in [-0.25, -0.2) is 4.79 Å². The largest absolute Gasteiger partial charge is 0.354 e. The molecule has 3 amide bonds. The molecule has 0 aliphatic carbocycles. The van der Waals surface area contributed by atoms with Crippen molar-refractivity contribution in [3.05, 3.63) is 30.1 Å². The molecule has 2 saturated heterocycles. The summed E-state index contributed by atoms with van der Waals surface area (Å²) in [6, 6.07) is 7.19. The van der Waals surface area contributed by atoms with Gasteiger partial charge in [0, 0.05) is 36.7 Å². The Hall–Kier alpha value is -2.90. The zero-order valence-electron chi connectivity index (χ0n) is 14.6. The first-order valence-electron chi connectivity index (χ1n) is 8.93. The Bertz CT molecular complexity index is 816. The van der Waals surface area contributed by atoms with Gasteiger partial charge in [-0.15, -0.1) is 0 Å². The highest BCUT2D eigenvalue weighted by Gasteiger charge is 2.40. The first-order chi connectivity index (χ1) is 12.6.